The molecule has 0 bridgehead atoms. The van der Waals surface area contributed by atoms with E-state index in [2.05, 4.69) is 22.9 Å². The Bertz CT molecular complexity index is 609. The summed E-state index contributed by atoms with van der Waals surface area (Å²) in [6.45, 7) is 7.77. The van der Waals surface area contributed by atoms with Crippen molar-refractivity contribution in [2.75, 3.05) is 20.2 Å². The molecule has 0 aromatic heterocycles. The van der Waals surface area contributed by atoms with Crippen LogP contribution in [0.15, 0.2) is 24.3 Å². The number of ether oxygens (including phenoxy) is 1. The normalized spacial score (nSPS) is 20.7. The zero-order chi connectivity index (χ0) is 18.4. The van der Waals surface area contributed by atoms with Crippen LogP contribution in [-0.2, 0) is 4.79 Å². The zero-order valence-corrected chi connectivity index (χ0v) is 16.7. The van der Waals surface area contributed by atoms with Crippen LogP contribution < -0.4 is 20.7 Å². The molecule has 0 spiro atoms. The number of halogens is 1. The monoisotopic (exact) mass is 383 g/mol. The minimum absolute atomic E-state index is 0. The van der Waals surface area contributed by atoms with Crippen LogP contribution in [0.3, 0.4) is 0 Å². The van der Waals surface area contributed by atoms with Crippen LogP contribution >= 0.6 is 12.4 Å². The summed E-state index contributed by atoms with van der Waals surface area (Å²) in [6, 6.07) is 6.56. The number of rotatable bonds is 6. The highest BCUT2D eigenvalue weighted by molar-refractivity contribution is 5.99. The predicted molar refractivity (Wildman–Crippen MR) is 105 cm³/mol. The van der Waals surface area contributed by atoms with Gasteiger partial charge in [0.15, 0.2) is 0 Å². The van der Waals surface area contributed by atoms with Crippen molar-refractivity contribution >= 4 is 24.2 Å². The first kappa shape index (κ1) is 22.3. The van der Waals surface area contributed by atoms with E-state index in [-0.39, 0.29) is 36.2 Å². The molecule has 3 unspecified atom stereocenters. The lowest BCUT2D eigenvalue weighted by Gasteiger charge is -2.32. The summed E-state index contributed by atoms with van der Waals surface area (Å²) in [5.41, 5.74) is 0.429. The van der Waals surface area contributed by atoms with Crippen LogP contribution in [0, 0.1) is 11.8 Å². The maximum Gasteiger partial charge on any atom is 0.255 e. The number of hydrogen-bond donors (Lipinski definition) is 3. The lowest BCUT2D eigenvalue weighted by molar-refractivity contribution is -0.125. The molecule has 1 heterocycles. The van der Waals surface area contributed by atoms with Gasteiger partial charge in [-0.3, -0.25) is 9.59 Å². The maximum absolute atomic E-state index is 12.7. The van der Waals surface area contributed by atoms with Gasteiger partial charge in [0.2, 0.25) is 5.91 Å². The Labute approximate surface area is 161 Å². The van der Waals surface area contributed by atoms with E-state index < -0.39 is 6.04 Å². The molecule has 1 aromatic carbocycles. The van der Waals surface area contributed by atoms with Crippen LogP contribution in [0.1, 0.15) is 37.6 Å². The summed E-state index contributed by atoms with van der Waals surface area (Å²) >= 11 is 0. The van der Waals surface area contributed by atoms with Gasteiger partial charge in [0.1, 0.15) is 11.8 Å². The van der Waals surface area contributed by atoms with Crippen molar-refractivity contribution in [3.8, 4) is 5.75 Å². The topological polar surface area (TPSA) is 79.5 Å². The summed E-state index contributed by atoms with van der Waals surface area (Å²) in [7, 11) is 1.53. The van der Waals surface area contributed by atoms with Crippen LogP contribution in [0.2, 0.25) is 0 Å². The number of amides is 2. The average Bonchev–Trinajstić information content (AvgIpc) is 2.60. The molecule has 6 nitrogen and oxygen atoms in total. The first-order chi connectivity index (χ1) is 11.9. The fourth-order valence-corrected chi connectivity index (χ4v) is 3.09. The van der Waals surface area contributed by atoms with Crippen molar-refractivity contribution < 1.29 is 14.3 Å². The molecule has 146 valence electrons. The number of hydrogen-bond acceptors (Lipinski definition) is 4. The third-order valence-electron chi connectivity index (χ3n) is 4.70. The number of carbonyl (C=O) groups is 2. The third-order valence-corrected chi connectivity index (χ3v) is 4.70. The highest BCUT2D eigenvalue weighted by Gasteiger charge is 2.29. The van der Waals surface area contributed by atoms with Gasteiger partial charge >= 0.3 is 0 Å². The largest absolute Gasteiger partial charge is 0.496 e. The zero-order valence-electron chi connectivity index (χ0n) is 15.9. The van der Waals surface area contributed by atoms with Gasteiger partial charge < -0.3 is 20.7 Å². The van der Waals surface area contributed by atoms with Crippen molar-refractivity contribution in [3.05, 3.63) is 29.8 Å². The molecule has 7 heteroatoms. The fraction of sp³-hybridized carbons (Fsp3) is 0.579. The number of benzene rings is 1. The van der Waals surface area contributed by atoms with Crippen molar-refractivity contribution in [2.45, 2.75) is 39.3 Å². The van der Waals surface area contributed by atoms with Crippen molar-refractivity contribution in [1.29, 1.82) is 0 Å². The highest BCUT2D eigenvalue weighted by atomic mass is 35.5. The average molecular weight is 384 g/mol. The first-order valence-electron chi connectivity index (χ1n) is 8.89. The smallest absolute Gasteiger partial charge is 0.255 e. The molecule has 3 atom stereocenters. The minimum atomic E-state index is -0.584. The number of carbonyl (C=O) groups excluding carboxylic acids is 2. The lowest BCUT2D eigenvalue weighted by atomic mass is 9.94. The molecule has 0 radical (unpaired) electrons. The van der Waals surface area contributed by atoms with Gasteiger partial charge in [-0.15, -0.1) is 12.4 Å². The summed E-state index contributed by atoms with van der Waals surface area (Å²) in [4.78, 5) is 25.4. The Kier molecular flexibility index (Phi) is 8.88. The molecule has 0 aliphatic carbocycles. The lowest BCUT2D eigenvalue weighted by Crippen LogP contribution is -2.55. The van der Waals surface area contributed by atoms with E-state index in [1.165, 1.54) is 7.11 Å². The van der Waals surface area contributed by atoms with Crippen LogP contribution in [0.25, 0.3) is 0 Å². The molecule has 1 fully saturated rings. The standard InChI is InChI=1S/C19H29N3O3.ClH/c1-12(2)17(19(24)21-15-9-10-20-11-13(15)3)22-18(23)14-7-5-6-8-16(14)25-4;/h5-8,12-13,15,17,20H,9-11H2,1-4H3,(H,21,24)(H,22,23);1H. The van der Waals surface area contributed by atoms with Crippen LogP contribution in [0.4, 0.5) is 0 Å². The van der Waals surface area contributed by atoms with Crippen molar-refractivity contribution in [3.63, 3.8) is 0 Å². The van der Waals surface area contributed by atoms with Gasteiger partial charge in [-0.05, 0) is 43.5 Å². The van der Waals surface area contributed by atoms with E-state index in [0.29, 0.717) is 17.2 Å². The number of para-hydroxylation sites is 1. The van der Waals surface area contributed by atoms with Gasteiger partial charge in [0.05, 0.1) is 12.7 Å². The molecule has 1 aliphatic rings. The summed E-state index contributed by atoms with van der Waals surface area (Å²) in [6.07, 6.45) is 0.901. The van der Waals surface area contributed by atoms with Crippen LogP contribution in [-0.4, -0.2) is 44.1 Å². The van der Waals surface area contributed by atoms with E-state index >= 15 is 0 Å². The summed E-state index contributed by atoms with van der Waals surface area (Å²) in [5.74, 6) is 0.419. The Morgan fingerprint density at radius 3 is 2.58 bits per heavy atom. The fourth-order valence-electron chi connectivity index (χ4n) is 3.09. The van der Waals surface area contributed by atoms with Crippen molar-refractivity contribution in [2.24, 2.45) is 11.8 Å². The Morgan fingerprint density at radius 1 is 1.27 bits per heavy atom. The molecular formula is C19H30ClN3O3. The van der Waals surface area contributed by atoms with Gasteiger partial charge in [-0.1, -0.05) is 32.9 Å². The molecule has 26 heavy (non-hydrogen) atoms. The summed E-state index contributed by atoms with van der Waals surface area (Å²) < 4.78 is 5.24. The number of nitrogens with one attached hydrogen (secondary N) is 3. The highest BCUT2D eigenvalue weighted by Crippen LogP contribution is 2.18. The molecular weight excluding hydrogens is 354 g/mol. The molecule has 3 N–H and O–H groups in total. The Balaban J connectivity index is 0.00000338. The minimum Gasteiger partial charge on any atom is -0.496 e. The maximum atomic E-state index is 12.7. The van der Waals surface area contributed by atoms with Gasteiger partial charge in [-0.2, -0.15) is 0 Å². The quantitative estimate of drug-likeness (QED) is 0.701. The Morgan fingerprint density at radius 2 is 1.96 bits per heavy atom. The molecule has 1 saturated heterocycles. The van der Waals surface area contributed by atoms with Gasteiger partial charge in [-0.25, -0.2) is 0 Å². The molecule has 1 aromatic rings. The predicted octanol–water partition coefficient (Wildman–Crippen LogP) is 1.99. The molecule has 2 amide bonds. The first-order valence-corrected chi connectivity index (χ1v) is 8.89. The molecule has 0 saturated carbocycles. The number of piperidine rings is 1. The second-order valence-electron chi connectivity index (χ2n) is 6.98. The summed E-state index contributed by atoms with van der Waals surface area (Å²) in [5, 5.41) is 9.30. The van der Waals surface area contributed by atoms with E-state index in [0.717, 1.165) is 19.5 Å². The van der Waals surface area contributed by atoms with E-state index in [9.17, 15) is 9.59 Å². The molecule has 2 rings (SSSR count). The van der Waals surface area contributed by atoms with E-state index in [1.807, 2.05) is 13.8 Å². The number of methoxy groups -OCH3 is 1. The Hall–Kier alpha value is -1.79. The van der Waals surface area contributed by atoms with Crippen molar-refractivity contribution in [1.82, 2.24) is 16.0 Å². The second-order valence-corrected chi connectivity index (χ2v) is 6.98. The van der Waals surface area contributed by atoms with E-state index in [4.69, 9.17) is 4.74 Å². The SMILES string of the molecule is COc1ccccc1C(=O)NC(C(=O)NC1CCNCC1C)C(C)C.Cl. The van der Waals surface area contributed by atoms with Gasteiger partial charge in [0.25, 0.3) is 5.91 Å². The molecule has 1 aliphatic heterocycles. The van der Waals surface area contributed by atoms with Crippen LogP contribution in [0.5, 0.6) is 5.75 Å². The van der Waals surface area contributed by atoms with E-state index in [1.54, 1.807) is 24.3 Å². The van der Waals surface area contributed by atoms with Gasteiger partial charge in [0, 0.05) is 6.04 Å². The third kappa shape index (κ3) is 5.61. The second kappa shape index (κ2) is 10.4.